The minimum atomic E-state index is -0.0307. The number of nitrogens with zero attached hydrogens (tertiary/aromatic N) is 1. The average Bonchev–Trinajstić information content (AvgIpc) is 3.17. The van der Waals surface area contributed by atoms with Gasteiger partial charge in [0.15, 0.2) is 11.6 Å². The molecule has 5 heteroatoms. The number of hydrogen-bond acceptors (Lipinski definition) is 5. The minimum absolute atomic E-state index is 0.0307. The number of anilines is 1. The van der Waals surface area contributed by atoms with E-state index < -0.39 is 0 Å². The summed E-state index contributed by atoms with van der Waals surface area (Å²) in [4.78, 5) is 28.9. The predicted octanol–water partition coefficient (Wildman–Crippen LogP) is 4.06. The Balaban J connectivity index is 1.55. The molecule has 0 atom stereocenters. The second kappa shape index (κ2) is 7.66. The van der Waals surface area contributed by atoms with Crippen LogP contribution in [-0.2, 0) is 0 Å². The first-order chi connectivity index (χ1) is 11.7. The molecule has 0 aliphatic heterocycles. The van der Waals surface area contributed by atoms with E-state index in [0.29, 0.717) is 24.1 Å². The van der Waals surface area contributed by atoms with Crippen molar-refractivity contribution in [2.45, 2.75) is 6.42 Å². The fraction of sp³-hybridized carbons (Fsp3) is 0.105. The van der Waals surface area contributed by atoms with Crippen molar-refractivity contribution < 1.29 is 9.59 Å². The molecule has 0 aliphatic carbocycles. The molecule has 1 aromatic carbocycles. The third kappa shape index (κ3) is 3.94. The zero-order chi connectivity index (χ0) is 16.8. The number of nitrogens with one attached hydrogen (secondary N) is 1. The summed E-state index contributed by atoms with van der Waals surface area (Å²) >= 11 is 1.46. The largest absolute Gasteiger partial charge is 0.385 e. The molecule has 0 spiro atoms. The lowest BCUT2D eigenvalue weighted by atomic mass is 10.0. The molecular weight excluding hydrogens is 320 g/mol. The predicted molar refractivity (Wildman–Crippen MR) is 95.9 cm³/mol. The zero-order valence-electron chi connectivity index (χ0n) is 12.9. The Morgan fingerprint density at radius 1 is 0.958 bits per heavy atom. The fourth-order valence-corrected chi connectivity index (χ4v) is 2.98. The van der Waals surface area contributed by atoms with E-state index in [1.165, 1.54) is 11.3 Å². The first-order valence-electron chi connectivity index (χ1n) is 7.59. The number of pyridine rings is 1. The smallest absolute Gasteiger partial charge is 0.193 e. The van der Waals surface area contributed by atoms with E-state index in [1.54, 1.807) is 36.7 Å². The van der Waals surface area contributed by atoms with Gasteiger partial charge in [-0.2, -0.15) is 0 Å². The standard InChI is InChI=1S/C19H16N2O2S/c22-17(18-2-1-13-24-18)9-12-21-16-5-3-14(4-6-16)19(23)15-7-10-20-11-8-15/h1-8,10-11,13,21H,9,12H2. The van der Waals surface area contributed by atoms with Crippen molar-refractivity contribution in [3.8, 4) is 0 Å². The molecule has 3 aromatic rings. The van der Waals surface area contributed by atoms with Gasteiger partial charge in [0.1, 0.15) is 0 Å². The lowest BCUT2D eigenvalue weighted by molar-refractivity contribution is 0.0989. The first-order valence-corrected chi connectivity index (χ1v) is 8.47. The molecule has 0 radical (unpaired) electrons. The topological polar surface area (TPSA) is 59.1 Å². The SMILES string of the molecule is O=C(c1ccncc1)c1ccc(NCCC(=O)c2cccs2)cc1. The second-order valence-corrected chi connectivity index (χ2v) is 6.17. The van der Waals surface area contributed by atoms with Crippen LogP contribution in [0.2, 0.25) is 0 Å². The molecule has 120 valence electrons. The van der Waals surface area contributed by atoms with Crippen molar-refractivity contribution >= 4 is 28.6 Å². The summed E-state index contributed by atoms with van der Waals surface area (Å²) in [6.07, 6.45) is 3.65. The summed E-state index contributed by atoms with van der Waals surface area (Å²) in [5, 5.41) is 5.11. The second-order valence-electron chi connectivity index (χ2n) is 5.22. The number of Topliss-reactive ketones (excluding diaryl/α,β-unsaturated/α-hetero) is 1. The summed E-state index contributed by atoms with van der Waals surface area (Å²) in [5.74, 6) is 0.110. The van der Waals surface area contributed by atoms with Crippen molar-refractivity contribution in [2.75, 3.05) is 11.9 Å². The van der Waals surface area contributed by atoms with Gasteiger partial charge in [0, 0.05) is 42.2 Å². The molecule has 1 N–H and O–H groups in total. The number of thiophene rings is 1. The molecule has 0 unspecified atom stereocenters. The van der Waals surface area contributed by atoms with Gasteiger partial charge in [-0.05, 0) is 47.8 Å². The maximum atomic E-state index is 12.3. The van der Waals surface area contributed by atoms with E-state index in [-0.39, 0.29) is 11.6 Å². The van der Waals surface area contributed by atoms with E-state index in [9.17, 15) is 9.59 Å². The number of rotatable bonds is 7. The van der Waals surface area contributed by atoms with Gasteiger partial charge >= 0.3 is 0 Å². The Morgan fingerprint density at radius 2 is 1.67 bits per heavy atom. The van der Waals surface area contributed by atoms with Gasteiger partial charge in [-0.25, -0.2) is 0 Å². The van der Waals surface area contributed by atoms with Crippen molar-refractivity contribution in [2.24, 2.45) is 0 Å². The van der Waals surface area contributed by atoms with Gasteiger partial charge in [-0.1, -0.05) is 6.07 Å². The first kappa shape index (κ1) is 16.1. The highest BCUT2D eigenvalue weighted by atomic mass is 32.1. The molecule has 0 bridgehead atoms. The van der Waals surface area contributed by atoms with Crippen LogP contribution >= 0.6 is 11.3 Å². The Hall–Kier alpha value is -2.79. The molecule has 2 heterocycles. The number of benzene rings is 1. The zero-order valence-corrected chi connectivity index (χ0v) is 13.8. The Kier molecular flexibility index (Phi) is 5.13. The van der Waals surface area contributed by atoms with Gasteiger partial charge in [0.05, 0.1) is 4.88 Å². The van der Waals surface area contributed by atoms with Crippen LogP contribution in [0.4, 0.5) is 5.69 Å². The lowest BCUT2D eigenvalue weighted by Gasteiger charge is -2.07. The minimum Gasteiger partial charge on any atom is -0.385 e. The number of aromatic nitrogens is 1. The third-order valence-corrected chi connectivity index (χ3v) is 4.48. The maximum Gasteiger partial charge on any atom is 0.193 e. The van der Waals surface area contributed by atoms with E-state index in [2.05, 4.69) is 10.3 Å². The van der Waals surface area contributed by atoms with Crippen molar-refractivity contribution in [3.63, 3.8) is 0 Å². The lowest BCUT2D eigenvalue weighted by Crippen LogP contribution is -2.08. The van der Waals surface area contributed by atoms with Crippen LogP contribution in [0, 0.1) is 0 Å². The highest BCUT2D eigenvalue weighted by Crippen LogP contribution is 2.15. The highest BCUT2D eigenvalue weighted by Gasteiger charge is 2.09. The van der Waals surface area contributed by atoms with Crippen molar-refractivity contribution in [3.05, 3.63) is 82.3 Å². The van der Waals surface area contributed by atoms with Gasteiger partial charge in [0.2, 0.25) is 0 Å². The highest BCUT2D eigenvalue weighted by molar-refractivity contribution is 7.12. The molecule has 2 aromatic heterocycles. The van der Waals surface area contributed by atoms with Gasteiger partial charge in [0.25, 0.3) is 0 Å². The monoisotopic (exact) mass is 336 g/mol. The van der Waals surface area contributed by atoms with Gasteiger partial charge in [-0.3, -0.25) is 14.6 Å². The van der Waals surface area contributed by atoms with Crippen LogP contribution in [0.5, 0.6) is 0 Å². The van der Waals surface area contributed by atoms with Crippen LogP contribution in [0.15, 0.2) is 66.3 Å². The summed E-state index contributed by atoms with van der Waals surface area (Å²) in [7, 11) is 0. The average molecular weight is 336 g/mol. The van der Waals surface area contributed by atoms with Crippen LogP contribution in [-0.4, -0.2) is 23.1 Å². The Labute approximate surface area is 144 Å². The maximum absolute atomic E-state index is 12.3. The van der Waals surface area contributed by atoms with Gasteiger partial charge < -0.3 is 5.32 Å². The molecule has 24 heavy (non-hydrogen) atoms. The summed E-state index contributed by atoms with van der Waals surface area (Å²) < 4.78 is 0. The third-order valence-electron chi connectivity index (χ3n) is 3.57. The number of carbonyl (C=O) groups excluding carboxylic acids is 2. The van der Waals surface area contributed by atoms with Crippen molar-refractivity contribution in [1.29, 1.82) is 0 Å². The van der Waals surface area contributed by atoms with Crippen LogP contribution < -0.4 is 5.32 Å². The normalized spacial score (nSPS) is 10.3. The van der Waals surface area contributed by atoms with E-state index >= 15 is 0 Å². The summed E-state index contributed by atoms with van der Waals surface area (Å²) in [5.41, 5.74) is 2.13. The molecule has 0 aliphatic rings. The van der Waals surface area contributed by atoms with E-state index in [4.69, 9.17) is 0 Å². The molecule has 0 amide bonds. The number of ketones is 2. The van der Waals surface area contributed by atoms with Crippen LogP contribution in [0.1, 0.15) is 32.0 Å². The molecular formula is C19H16N2O2S. The summed E-state index contributed by atoms with van der Waals surface area (Å²) in [6.45, 7) is 0.564. The molecule has 4 nitrogen and oxygen atoms in total. The number of carbonyl (C=O) groups is 2. The molecule has 0 saturated heterocycles. The molecule has 0 saturated carbocycles. The fourth-order valence-electron chi connectivity index (χ4n) is 2.29. The van der Waals surface area contributed by atoms with E-state index in [0.717, 1.165) is 10.6 Å². The quantitative estimate of drug-likeness (QED) is 0.661. The molecule has 3 rings (SSSR count). The van der Waals surface area contributed by atoms with Crippen LogP contribution in [0.3, 0.4) is 0 Å². The van der Waals surface area contributed by atoms with E-state index in [1.807, 2.05) is 29.6 Å². The summed E-state index contributed by atoms with van der Waals surface area (Å²) in [6, 6.07) is 14.4. The van der Waals surface area contributed by atoms with Gasteiger partial charge in [-0.15, -0.1) is 11.3 Å². The molecule has 0 fully saturated rings. The number of hydrogen-bond donors (Lipinski definition) is 1. The van der Waals surface area contributed by atoms with Crippen molar-refractivity contribution in [1.82, 2.24) is 4.98 Å². The Bertz CT molecular complexity index is 812. The Morgan fingerprint density at radius 3 is 2.33 bits per heavy atom. The van der Waals surface area contributed by atoms with Crippen LogP contribution in [0.25, 0.3) is 0 Å².